The first-order valence-corrected chi connectivity index (χ1v) is 10.1. The molecule has 0 unspecified atom stereocenters. The smallest absolute Gasteiger partial charge is 0.248 e. The summed E-state index contributed by atoms with van der Waals surface area (Å²) in [4.78, 5) is 20.9. The van der Waals surface area contributed by atoms with Crippen molar-refractivity contribution in [1.29, 1.82) is 0 Å². The first-order valence-electron chi connectivity index (χ1n) is 8.67. The van der Waals surface area contributed by atoms with Crippen molar-refractivity contribution >= 4 is 38.7 Å². The highest BCUT2D eigenvalue weighted by Gasteiger charge is 2.14. The molecule has 1 amide bonds. The Balaban J connectivity index is 1.66. The van der Waals surface area contributed by atoms with Crippen LogP contribution in [0.15, 0.2) is 65.7 Å². The van der Waals surface area contributed by atoms with Gasteiger partial charge in [0.05, 0.1) is 27.8 Å². The molecule has 7 nitrogen and oxygen atoms in total. The number of hydrogen-bond donors (Lipinski definition) is 2. The van der Waals surface area contributed by atoms with Crippen molar-refractivity contribution in [2.75, 3.05) is 5.32 Å². The first-order chi connectivity index (χ1) is 13.3. The fraction of sp³-hybridized carbons (Fsp3) is 0.150. The van der Waals surface area contributed by atoms with Crippen molar-refractivity contribution in [2.45, 2.75) is 24.8 Å². The molecule has 0 radical (unpaired) electrons. The number of hydrogen-bond acceptors (Lipinski definition) is 5. The zero-order valence-corrected chi connectivity index (χ0v) is 16.3. The molecule has 0 saturated heterocycles. The van der Waals surface area contributed by atoms with E-state index in [2.05, 4.69) is 20.0 Å². The summed E-state index contributed by atoms with van der Waals surface area (Å²) in [5.74, 6) is -0.356. The molecule has 8 heteroatoms. The standard InChI is InChI=1S/C20H20N4O3S/c1-14(2)24-28(26,27)17-10-7-15(8-11-17)23-20(25)12-9-16-13-21-18-5-3-4-6-19(18)22-16/h3-14,24H,1-2H3,(H,23,25)/b12-9+. The Labute approximate surface area is 163 Å². The van der Waals surface area contributed by atoms with E-state index in [1.165, 1.54) is 30.3 Å². The van der Waals surface area contributed by atoms with Gasteiger partial charge in [0.2, 0.25) is 15.9 Å². The predicted octanol–water partition coefficient (Wildman–Crippen LogP) is 2.97. The third-order valence-corrected chi connectivity index (χ3v) is 5.37. The molecule has 0 atom stereocenters. The lowest BCUT2D eigenvalue weighted by Gasteiger charge is -2.10. The van der Waals surface area contributed by atoms with E-state index in [1.54, 1.807) is 26.1 Å². The molecule has 3 rings (SSSR count). The Morgan fingerprint density at radius 1 is 1.04 bits per heavy atom. The van der Waals surface area contributed by atoms with Gasteiger partial charge in [-0.15, -0.1) is 0 Å². The summed E-state index contributed by atoms with van der Waals surface area (Å²) in [5, 5.41) is 2.68. The highest BCUT2D eigenvalue weighted by Crippen LogP contribution is 2.15. The van der Waals surface area contributed by atoms with Crippen LogP contribution in [0.25, 0.3) is 17.1 Å². The van der Waals surface area contributed by atoms with Gasteiger partial charge in [0.25, 0.3) is 0 Å². The van der Waals surface area contributed by atoms with Gasteiger partial charge in [-0.05, 0) is 56.3 Å². The Kier molecular flexibility index (Phi) is 5.81. The number of rotatable bonds is 6. The van der Waals surface area contributed by atoms with E-state index in [9.17, 15) is 13.2 Å². The summed E-state index contributed by atoms with van der Waals surface area (Å²) in [7, 11) is -3.56. The second-order valence-corrected chi connectivity index (χ2v) is 8.12. The number of sulfonamides is 1. The van der Waals surface area contributed by atoms with Crippen molar-refractivity contribution in [3.05, 3.63) is 66.5 Å². The monoisotopic (exact) mass is 396 g/mol. The number of aromatic nitrogens is 2. The Hall–Kier alpha value is -3.10. The van der Waals surface area contributed by atoms with E-state index in [4.69, 9.17) is 0 Å². The summed E-state index contributed by atoms with van der Waals surface area (Å²) in [6, 6.07) is 13.2. The van der Waals surface area contributed by atoms with Crippen molar-refractivity contribution in [1.82, 2.24) is 14.7 Å². The highest BCUT2D eigenvalue weighted by atomic mass is 32.2. The van der Waals surface area contributed by atoms with Crippen LogP contribution in [-0.2, 0) is 14.8 Å². The van der Waals surface area contributed by atoms with Gasteiger partial charge in [-0.2, -0.15) is 0 Å². The van der Waals surface area contributed by atoms with E-state index in [0.29, 0.717) is 11.4 Å². The van der Waals surface area contributed by atoms with Crippen LogP contribution in [0.4, 0.5) is 5.69 Å². The van der Waals surface area contributed by atoms with Crippen LogP contribution in [-0.4, -0.2) is 30.3 Å². The van der Waals surface area contributed by atoms with Gasteiger partial charge in [-0.25, -0.2) is 18.1 Å². The molecule has 0 spiro atoms. The zero-order chi connectivity index (χ0) is 20.1. The number of nitrogens with one attached hydrogen (secondary N) is 2. The van der Waals surface area contributed by atoms with Crippen molar-refractivity contribution in [3.8, 4) is 0 Å². The van der Waals surface area contributed by atoms with Crippen molar-refractivity contribution in [2.24, 2.45) is 0 Å². The molecule has 28 heavy (non-hydrogen) atoms. The van der Waals surface area contributed by atoms with Gasteiger partial charge < -0.3 is 5.32 Å². The lowest BCUT2D eigenvalue weighted by Crippen LogP contribution is -2.30. The summed E-state index contributed by atoms with van der Waals surface area (Å²) >= 11 is 0. The topological polar surface area (TPSA) is 101 Å². The SMILES string of the molecule is CC(C)NS(=O)(=O)c1ccc(NC(=O)/C=C/c2cnc3ccccc3n2)cc1. The molecule has 1 aromatic heterocycles. The number of amides is 1. The number of nitrogens with zero attached hydrogens (tertiary/aromatic N) is 2. The minimum atomic E-state index is -3.56. The molecule has 1 heterocycles. The fourth-order valence-electron chi connectivity index (χ4n) is 2.49. The van der Waals surface area contributed by atoms with Gasteiger partial charge in [0.1, 0.15) is 0 Å². The lowest BCUT2D eigenvalue weighted by atomic mass is 10.3. The number of carbonyl (C=O) groups excluding carboxylic acids is 1. The average molecular weight is 396 g/mol. The maximum absolute atomic E-state index is 12.1. The minimum absolute atomic E-state index is 0.140. The van der Waals surface area contributed by atoms with E-state index < -0.39 is 10.0 Å². The van der Waals surface area contributed by atoms with E-state index >= 15 is 0 Å². The molecule has 0 bridgehead atoms. The van der Waals surface area contributed by atoms with Crippen LogP contribution < -0.4 is 10.0 Å². The van der Waals surface area contributed by atoms with Crippen LogP contribution in [0.5, 0.6) is 0 Å². The van der Waals surface area contributed by atoms with Gasteiger partial charge in [0, 0.05) is 17.8 Å². The molecule has 2 aromatic carbocycles. The zero-order valence-electron chi connectivity index (χ0n) is 15.5. The van der Waals surface area contributed by atoms with E-state index in [-0.39, 0.29) is 16.8 Å². The average Bonchev–Trinajstić information content (AvgIpc) is 2.65. The minimum Gasteiger partial charge on any atom is -0.323 e. The Morgan fingerprint density at radius 2 is 1.71 bits per heavy atom. The Bertz CT molecular complexity index is 1120. The number of benzene rings is 2. The summed E-state index contributed by atoms with van der Waals surface area (Å²) < 4.78 is 26.7. The maximum Gasteiger partial charge on any atom is 0.248 e. The predicted molar refractivity (Wildman–Crippen MR) is 109 cm³/mol. The van der Waals surface area contributed by atoms with Gasteiger partial charge in [-0.1, -0.05) is 12.1 Å². The third-order valence-electron chi connectivity index (χ3n) is 3.70. The number of fused-ring (bicyclic) bond motifs is 1. The molecule has 3 aromatic rings. The quantitative estimate of drug-likeness (QED) is 0.624. The first kappa shape index (κ1) is 19.7. The normalized spacial score (nSPS) is 12.0. The van der Waals surface area contributed by atoms with Crippen LogP contribution in [0.3, 0.4) is 0 Å². The molecule has 0 aliphatic heterocycles. The van der Waals surface area contributed by atoms with Crippen LogP contribution in [0.1, 0.15) is 19.5 Å². The molecular formula is C20H20N4O3S. The van der Waals surface area contributed by atoms with E-state index in [1.807, 2.05) is 24.3 Å². The second kappa shape index (κ2) is 8.28. The molecule has 2 N–H and O–H groups in total. The molecular weight excluding hydrogens is 376 g/mol. The van der Waals surface area contributed by atoms with Gasteiger partial charge in [-0.3, -0.25) is 9.78 Å². The highest BCUT2D eigenvalue weighted by molar-refractivity contribution is 7.89. The van der Waals surface area contributed by atoms with Crippen LogP contribution >= 0.6 is 0 Å². The van der Waals surface area contributed by atoms with Gasteiger partial charge >= 0.3 is 0 Å². The molecule has 0 saturated carbocycles. The van der Waals surface area contributed by atoms with Gasteiger partial charge in [0.15, 0.2) is 0 Å². The third kappa shape index (κ3) is 4.99. The maximum atomic E-state index is 12.1. The fourth-order valence-corrected chi connectivity index (χ4v) is 3.74. The van der Waals surface area contributed by atoms with E-state index in [0.717, 1.165) is 11.0 Å². The molecule has 144 valence electrons. The Morgan fingerprint density at radius 3 is 2.39 bits per heavy atom. The molecule has 0 aliphatic carbocycles. The number of para-hydroxylation sites is 2. The number of anilines is 1. The molecule has 0 aliphatic rings. The number of carbonyl (C=O) groups is 1. The van der Waals surface area contributed by atoms with Crippen molar-refractivity contribution < 1.29 is 13.2 Å². The summed E-state index contributed by atoms with van der Waals surface area (Å²) in [6.07, 6.45) is 4.51. The molecule has 0 fully saturated rings. The largest absolute Gasteiger partial charge is 0.323 e. The summed E-state index contributed by atoms with van der Waals surface area (Å²) in [5.41, 5.74) is 2.58. The second-order valence-electron chi connectivity index (χ2n) is 6.41. The van der Waals surface area contributed by atoms with Crippen LogP contribution in [0, 0.1) is 0 Å². The van der Waals surface area contributed by atoms with Crippen LogP contribution in [0.2, 0.25) is 0 Å². The lowest BCUT2D eigenvalue weighted by molar-refractivity contribution is -0.111. The summed E-state index contributed by atoms with van der Waals surface area (Å²) in [6.45, 7) is 3.50. The van der Waals surface area contributed by atoms with Crippen molar-refractivity contribution in [3.63, 3.8) is 0 Å².